The molecular formula is C14H19N3O8S. The fourth-order valence-electron chi connectivity index (χ4n) is 1.71. The van der Waals surface area contributed by atoms with Crippen LogP contribution < -0.4 is 20.5 Å². The van der Waals surface area contributed by atoms with Crippen molar-refractivity contribution in [1.82, 2.24) is 10.6 Å². The molecule has 0 aliphatic carbocycles. The van der Waals surface area contributed by atoms with Crippen LogP contribution in [0.5, 0.6) is 5.75 Å². The minimum absolute atomic E-state index is 0.0279. The summed E-state index contributed by atoms with van der Waals surface area (Å²) < 4.78 is 37.2. The molecule has 0 spiro atoms. The Bertz CT molecular complexity index is 778. The van der Waals surface area contributed by atoms with Gasteiger partial charge in [-0.3, -0.25) is 10.1 Å². The fraction of sp³-hybridized carbons (Fsp3) is 0.357. The summed E-state index contributed by atoms with van der Waals surface area (Å²) in [6.45, 7) is -0.316. The van der Waals surface area contributed by atoms with E-state index in [-0.39, 0.29) is 29.4 Å². The molecule has 0 heterocycles. The van der Waals surface area contributed by atoms with Crippen LogP contribution in [0.15, 0.2) is 23.1 Å². The predicted octanol–water partition coefficient (Wildman–Crippen LogP) is -1.03. The lowest BCUT2D eigenvalue weighted by Crippen LogP contribution is -2.42. The minimum Gasteiger partial charge on any atom is -0.496 e. The molecule has 0 saturated carbocycles. The Kier molecular flexibility index (Phi) is 7.96. The van der Waals surface area contributed by atoms with Gasteiger partial charge >= 0.3 is 12.0 Å². The van der Waals surface area contributed by atoms with E-state index in [1.165, 1.54) is 20.3 Å². The summed E-state index contributed by atoms with van der Waals surface area (Å²) >= 11 is 0. The fourth-order valence-corrected chi connectivity index (χ4v) is 2.25. The Morgan fingerprint density at radius 2 is 1.88 bits per heavy atom. The number of rotatable bonds is 8. The molecule has 0 fully saturated rings. The number of nitrogens with two attached hydrogens (primary N) is 1. The lowest BCUT2D eigenvalue weighted by atomic mass is 10.2. The van der Waals surface area contributed by atoms with Crippen LogP contribution in [0.2, 0.25) is 0 Å². The van der Waals surface area contributed by atoms with Gasteiger partial charge in [0.15, 0.2) is 6.61 Å². The number of carbonyl (C=O) groups excluding carboxylic acids is 3. The smallest absolute Gasteiger partial charge is 0.342 e. The van der Waals surface area contributed by atoms with Crippen molar-refractivity contribution in [2.75, 3.05) is 34.0 Å². The molecule has 0 atom stereocenters. The maximum atomic E-state index is 12.1. The summed E-state index contributed by atoms with van der Waals surface area (Å²) in [6.07, 6.45) is 0. The van der Waals surface area contributed by atoms with Crippen molar-refractivity contribution in [2.45, 2.75) is 4.90 Å². The molecule has 0 radical (unpaired) electrons. The first-order valence-corrected chi connectivity index (χ1v) is 8.68. The third-order valence-electron chi connectivity index (χ3n) is 2.90. The van der Waals surface area contributed by atoms with Gasteiger partial charge in [-0.05, 0) is 18.2 Å². The summed E-state index contributed by atoms with van der Waals surface area (Å²) in [4.78, 5) is 34.7. The highest BCUT2D eigenvalue weighted by atomic mass is 32.2. The maximum Gasteiger partial charge on any atom is 0.342 e. The number of esters is 1. The van der Waals surface area contributed by atoms with E-state index in [4.69, 9.17) is 19.3 Å². The maximum absolute atomic E-state index is 12.1. The summed E-state index contributed by atoms with van der Waals surface area (Å²) in [7, 11) is -1.34. The number of carbonyl (C=O) groups is 3. The number of urea groups is 1. The quantitative estimate of drug-likeness (QED) is 0.375. The number of hydrogen-bond donors (Lipinski definition) is 3. The van der Waals surface area contributed by atoms with Gasteiger partial charge in [0, 0.05) is 13.7 Å². The second-order valence-electron chi connectivity index (χ2n) is 4.78. The number of imide groups is 1. The number of amides is 3. The van der Waals surface area contributed by atoms with E-state index >= 15 is 0 Å². The van der Waals surface area contributed by atoms with Crippen LogP contribution in [0.1, 0.15) is 10.4 Å². The molecule has 0 unspecified atom stereocenters. The molecule has 0 aromatic heterocycles. The van der Waals surface area contributed by atoms with Gasteiger partial charge in [0.25, 0.3) is 5.91 Å². The average Bonchev–Trinajstić information content (AvgIpc) is 2.58. The molecule has 3 amide bonds. The van der Waals surface area contributed by atoms with Gasteiger partial charge in [-0.2, -0.15) is 0 Å². The number of methoxy groups -OCH3 is 2. The van der Waals surface area contributed by atoms with Gasteiger partial charge in [0.2, 0.25) is 10.0 Å². The Hall–Kier alpha value is -2.70. The van der Waals surface area contributed by atoms with E-state index < -0.39 is 34.5 Å². The third-order valence-corrected chi connectivity index (χ3v) is 3.81. The van der Waals surface area contributed by atoms with Crippen LogP contribution >= 0.6 is 0 Å². The van der Waals surface area contributed by atoms with E-state index in [1.807, 2.05) is 5.32 Å². The number of primary sulfonamides is 1. The molecule has 0 aliphatic rings. The Morgan fingerprint density at radius 1 is 1.19 bits per heavy atom. The highest BCUT2D eigenvalue weighted by molar-refractivity contribution is 7.89. The number of hydrogen-bond acceptors (Lipinski definition) is 8. The summed E-state index contributed by atoms with van der Waals surface area (Å²) in [5, 5.41) is 9.29. The Morgan fingerprint density at radius 3 is 2.46 bits per heavy atom. The molecular weight excluding hydrogens is 370 g/mol. The van der Waals surface area contributed by atoms with Gasteiger partial charge in [-0.1, -0.05) is 0 Å². The highest BCUT2D eigenvalue weighted by Gasteiger charge is 2.19. The third kappa shape index (κ3) is 6.66. The van der Waals surface area contributed by atoms with Crippen LogP contribution in [0.3, 0.4) is 0 Å². The first-order chi connectivity index (χ1) is 12.2. The van der Waals surface area contributed by atoms with Crippen molar-refractivity contribution < 1.29 is 37.0 Å². The van der Waals surface area contributed by atoms with Gasteiger partial charge in [-0.25, -0.2) is 23.1 Å². The molecule has 12 heteroatoms. The zero-order valence-corrected chi connectivity index (χ0v) is 14.9. The molecule has 1 rings (SSSR count). The number of sulfonamides is 1. The molecule has 144 valence electrons. The van der Waals surface area contributed by atoms with Gasteiger partial charge in [0.05, 0.1) is 18.6 Å². The van der Waals surface area contributed by atoms with Crippen LogP contribution in [-0.4, -0.2) is 60.3 Å². The number of ether oxygens (including phenoxy) is 3. The Balaban J connectivity index is 2.70. The van der Waals surface area contributed by atoms with Crippen LogP contribution in [-0.2, 0) is 24.3 Å². The second kappa shape index (κ2) is 9.70. The predicted molar refractivity (Wildman–Crippen MR) is 88.1 cm³/mol. The van der Waals surface area contributed by atoms with Gasteiger partial charge in [-0.15, -0.1) is 0 Å². The molecule has 4 N–H and O–H groups in total. The van der Waals surface area contributed by atoms with Crippen molar-refractivity contribution in [1.29, 1.82) is 0 Å². The first kappa shape index (κ1) is 21.3. The van der Waals surface area contributed by atoms with E-state index in [0.29, 0.717) is 0 Å². The van der Waals surface area contributed by atoms with E-state index in [0.717, 1.165) is 12.1 Å². The molecule has 0 aliphatic heterocycles. The standard InChI is InChI=1S/C14H19N3O8S/c1-23-6-5-16-14(20)17-12(18)8-25-13(19)10-7-9(26(15,21)22)3-4-11(10)24-2/h3-4,7H,5-6,8H2,1-2H3,(H2,15,21,22)(H2,16,17,18,20). The Labute approximate surface area is 149 Å². The zero-order chi connectivity index (χ0) is 19.7. The minimum atomic E-state index is -4.05. The molecule has 0 saturated heterocycles. The van der Waals surface area contributed by atoms with Crippen molar-refractivity contribution >= 4 is 27.9 Å². The zero-order valence-electron chi connectivity index (χ0n) is 14.1. The van der Waals surface area contributed by atoms with Gasteiger partial charge in [0.1, 0.15) is 11.3 Å². The molecule has 0 bridgehead atoms. The normalized spacial score (nSPS) is 10.7. The summed E-state index contributed by atoms with van der Waals surface area (Å²) in [6, 6.07) is 2.56. The van der Waals surface area contributed by atoms with Gasteiger partial charge < -0.3 is 19.5 Å². The largest absolute Gasteiger partial charge is 0.496 e. The molecule has 11 nitrogen and oxygen atoms in total. The highest BCUT2D eigenvalue weighted by Crippen LogP contribution is 2.22. The SMILES string of the molecule is COCCNC(=O)NC(=O)COC(=O)c1cc(S(N)(=O)=O)ccc1OC. The van der Waals surface area contributed by atoms with E-state index in [2.05, 4.69) is 5.32 Å². The lowest BCUT2D eigenvalue weighted by molar-refractivity contribution is -0.123. The second-order valence-corrected chi connectivity index (χ2v) is 6.34. The lowest BCUT2D eigenvalue weighted by Gasteiger charge is -2.10. The summed E-state index contributed by atoms with van der Waals surface area (Å²) in [5.74, 6) is -1.88. The number of nitrogens with one attached hydrogen (secondary N) is 2. The first-order valence-electron chi connectivity index (χ1n) is 7.13. The van der Waals surface area contributed by atoms with Crippen LogP contribution in [0, 0.1) is 0 Å². The average molecular weight is 389 g/mol. The molecule has 1 aromatic rings. The summed E-state index contributed by atoms with van der Waals surface area (Å²) in [5.41, 5.74) is -0.239. The molecule has 26 heavy (non-hydrogen) atoms. The number of benzene rings is 1. The van der Waals surface area contributed by atoms with Crippen LogP contribution in [0.4, 0.5) is 4.79 Å². The van der Waals surface area contributed by atoms with Crippen molar-refractivity contribution in [3.05, 3.63) is 23.8 Å². The van der Waals surface area contributed by atoms with Crippen molar-refractivity contribution in [3.8, 4) is 5.75 Å². The topological polar surface area (TPSA) is 163 Å². The van der Waals surface area contributed by atoms with Crippen molar-refractivity contribution in [2.24, 2.45) is 5.14 Å². The van der Waals surface area contributed by atoms with E-state index in [9.17, 15) is 22.8 Å². The molecule has 1 aromatic carbocycles. The van der Waals surface area contributed by atoms with Crippen LogP contribution in [0.25, 0.3) is 0 Å². The van der Waals surface area contributed by atoms with Crippen molar-refractivity contribution in [3.63, 3.8) is 0 Å². The van der Waals surface area contributed by atoms with E-state index in [1.54, 1.807) is 0 Å². The monoisotopic (exact) mass is 389 g/mol.